The molecule has 0 unspecified atom stereocenters. The van der Waals surface area contributed by atoms with Crippen molar-refractivity contribution in [2.75, 3.05) is 0 Å². The van der Waals surface area contributed by atoms with E-state index in [1.54, 1.807) is 6.92 Å². The van der Waals surface area contributed by atoms with E-state index >= 15 is 0 Å². The lowest BCUT2D eigenvalue weighted by atomic mass is 10.6. The average molecular weight is 152 g/mol. The summed E-state index contributed by atoms with van der Waals surface area (Å²) in [6, 6.07) is 0. The van der Waals surface area contributed by atoms with Gasteiger partial charge < -0.3 is 4.52 Å². The zero-order chi connectivity index (χ0) is 8.27. The van der Waals surface area contributed by atoms with E-state index in [1.807, 2.05) is 5.32 Å². The third-order valence-corrected chi connectivity index (χ3v) is 0.900. The molecule has 1 aromatic rings. The largest absolute Gasteiger partial charge is 0.339 e. The van der Waals surface area contributed by atoms with Gasteiger partial charge in [0.1, 0.15) is 0 Å². The van der Waals surface area contributed by atoms with Crippen molar-refractivity contribution < 1.29 is 9.32 Å². The van der Waals surface area contributed by atoms with Crippen LogP contribution < -0.4 is 5.32 Å². The highest BCUT2D eigenvalue weighted by Crippen LogP contribution is 1.93. The number of rotatable bonds is 1. The SMILES string of the molecule is Cc1nc(C(=O)NC#N)no1. The van der Waals surface area contributed by atoms with Gasteiger partial charge in [-0.3, -0.25) is 10.1 Å². The van der Waals surface area contributed by atoms with Crippen LogP contribution in [0.1, 0.15) is 16.5 Å². The monoisotopic (exact) mass is 152 g/mol. The van der Waals surface area contributed by atoms with Gasteiger partial charge >= 0.3 is 5.91 Å². The number of carbonyl (C=O) groups excluding carboxylic acids is 1. The van der Waals surface area contributed by atoms with Gasteiger partial charge in [0.25, 0.3) is 5.82 Å². The summed E-state index contributed by atoms with van der Waals surface area (Å²) < 4.78 is 4.50. The van der Waals surface area contributed by atoms with Gasteiger partial charge in [0.15, 0.2) is 6.19 Å². The maximum Gasteiger partial charge on any atom is 0.305 e. The Morgan fingerprint density at radius 1 is 1.82 bits per heavy atom. The topological polar surface area (TPSA) is 91.8 Å². The molecule has 1 rings (SSSR count). The van der Waals surface area contributed by atoms with Gasteiger partial charge in [-0.25, -0.2) is 0 Å². The lowest BCUT2D eigenvalue weighted by Crippen LogP contribution is -2.18. The molecular weight excluding hydrogens is 148 g/mol. The van der Waals surface area contributed by atoms with Crippen LogP contribution in [0.2, 0.25) is 0 Å². The van der Waals surface area contributed by atoms with Gasteiger partial charge in [-0.15, -0.1) is 0 Å². The highest BCUT2D eigenvalue weighted by atomic mass is 16.5. The Kier molecular flexibility index (Phi) is 1.83. The van der Waals surface area contributed by atoms with E-state index < -0.39 is 5.91 Å². The van der Waals surface area contributed by atoms with Crippen LogP contribution in [-0.4, -0.2) is 16.0 Å². The fraction of sp³-hybridized carbons (Fsp3) is 0.200. The minimum absolute atomic E-state index is 0.135. The highest BCUT2D eigenvalue weighted by molar-refractivity contribution is 5.91. The Labute approximate surface area is 61.8 Å². The third kappa shape index (κ3) is 1.52. The first kappa shape index (κ1) is 7.21. The highest BCUT2D eigenvalue weighted by Gasteiger charge is 2.10. The summed E-state index contributed by atoms with van der Waals surface area (Å²) in [6.07, 6.45) is 1.45. The number of nitrogens with one attached hydrogen (secondary N) is 1. The van der Waals surface area contributed by atoms with E-state index in [-0.39, 0.29) is 11.7 Å². The molecule has 0 aliphatic heterocycles. The predicted molar refractivity (Wildman–Crippen MR) is 32.1 cm³/mol. The summed E-state index contributed by atoms with van der Waals surface area (Å²) in [5.74, 6) is -0.513. The molecule has 0 aromatic carbocycles. The molecular formula is C5H4N4O2. The molecule has 11 heavy (non-hydrogen) atoms. The van der Waals surface area contributed by atoms with E-state index in [1.165, 1.54) is 6.19 Å². The smallest absolute Gasteiger partial charge is 0.305 e. The second-order valence-electron chi connectivity index (χ2n) is 1.70. The van der Waals surface area contributed by atoms with E-state index in [0.717, 1.165) is 0 Å². The fourth-order valence-electron chi connectivity index (χ4n) is 0.498. The van der Waals surface area contributed by atoms with Crippen LogP contribution in [-0.2, 0) is 0 Å². The Bertz CT molecular complexity index is 311. The molecule has 6 nitrogen and oxygen atoms in total. The van der Waals surface area contributed by atoms with E-state index in [4.69, 9.17) is 5.26 Å². The van der Waals surface area contributed by atoms with Crippen LogP contribution in [0.5, 0.6) is 0 Å². The standard InChI is InChI=1S/C5H4N4O2/c1-3-8-4(9-11-3)5(10)7-2-6/h1H3,(H,7,10). The molecule has 1 amide bonds. The average Bonchev–Trinajstić information content (AvgIpc) is 2.36. The van der Waals surface area contributed by atoms with Crippen molar-refractivity contribution in [3.8, 4) is 6.19 Å². The summed E-state index contributed by atoms with van der Waals surface area (Å²) in [5, 5.41) is 13.2. The van der Waals surface area contributed by atoms with Crippen molar-refractivity contribution in [3.05, 3.63) is 11.7 Å². The van der Waals surface area contributed by atoms with Crippen molar-refractivity contribution in [3.63, 3.8) is 0 Å². The zero-order valence-corrected chi connectivity index (χ0v) is 5.66. The maximum absolute atomic E-state index is 10.7. The molecule has 0 radical (unpaired) electrons. The number of carbonyl (C=O) groups is 1. The van der Waals surface area contributed by atoms with Crippen LogP contribution in [0, 0.1) is 18.4 Å². The molecule has 0 atom stereocenters. The molecule has 0 aliphatic carbocycles. The summed E-state index contributed by atoms with van der Waals surface area (Å²) in [5.41, 5.74) is 0. The van der Waals surface area contributed by atoms with Crippen molar-refractivity contribution in [1.82, 2.24) is 15.5 Å². The van der Waals surface area contributed by atoms with Gasteiger partial charge in [-0.1, -0.05) is 5.16 Å². The normalized spacial score (nSPS) is 8.73. The second kappa shape index (κ2) is 2.79. The molecule has 0 spiro atoms. The number of aryl methyl sites for hydroxylation is 1. The van der Waals surface area contributed by atoms with Gasteiger partial charge in [0, 0.05) is 6.92 Å². The Hall–Kier alpha value is -1.90. The molecule has 0 aliphatic rings. The van der Waals surface area contributed by atoms with E-state index in [2.05, 4.69) is 14.7 Å². The number of amides is 1. The molecule has 1 aromatic heterocycles. The van der Waals surface area contributed by atoms with E-state index in [9.17, 15) is 4.79 Å². The fourth-order valence-corrected chi connectivity index (χ4v) is 0.498. The van der Waals surface area contributed by atoms with Gasteiger partial charge in [-0.05, 0) is 0 Å². The van der Waals surface area contributed by atoms with Crippen LogP contribution in [0.25, 0.3) is 0 Å². The summed E-state index contributed by atoms with van der Waals surface area (Å²) in [7, 11) is 0. The number of aromatic nitrogens is 2. The third-order valence-electron chi connectivity index (χ3n) is 0.900. The number of nitriles is 1. The van der Waals surface area contributed by atoms with Crippen LogP contribution in [0.15, 0.2) is 4.52 Å². The lowest BCUT2D eigenvalue weighted by Gasteiger charge is -1.84. The summed E-state index contributed by atoms with van der Waals surface area (Å²) in [6.45, 7) is 1.55. The molecule has 6 heteroatoms. The number of hydrogen-bond donors (Lipinski definition) is 1. The molecule has 0 bridgehead atoms. The first-order valence-corrected chi connectivity index (χ1v) is 2.74. The molecule has 0 saturated heterocycles. The molecule has 0 saturated carbocycles. The van der Waals surface area contributed by atoms with Crippen LogP contribution >= 0.6 is 0 Å². The quantitative estimate of drug-likeness (QED) is 0.436. The number of nitrogens with zero attached hydrogens (tertiary/aromatic N) is 3. The van der Waals surface area contributed by atoms with E-state index in [0.29, 0.717) is 0 Å². The molecule has 1 heterocycles. The van der Waals surface area contributed by atoms with Crippen molar-refractivity contribution >= 4 is 5.91 Å². The summed E-state index contributed by atoms with van der Waals surface area (Å²) >= 11 is 0. The van der Waals surface area contributed by atoms with Gasteiger partial charge in [-0.2, -0.15) is 10.2 Å². The Morgan fingerprint density at radius 2 is 2.55 bits per heavy atom. The van der Waals surface area contributed by atoms with Gasteiger partial charge in [0.05, 0.1) is 0 Å². The zero-order valence-electron chi connectivity index (χ0n) is 5.66. The molecule has 0 fully saturated rings. The first-order valence-electron chi connectivity index (χ1n) is 2.74. The Morgan fingerprint density at radius 3 is 3.00 bits per heavy atom. The second-order valence-corrected chi connectivity index (χ2v) is 1.70. The minimum Gasteiger partial charge on any atom is -0.339 e. The van der Waals surface area contributed by atoms with Crippen LogP contribution in [0.3, 0.4) is 0 Å². The van der Waals surface area contributed by atoms with Crippen molar-refractivity contribution in [1.29, 1.82) is 5.26 Å². The summed E-state index contributed by atoms with van der Waals surface area (Å²) in [4.78, 5) is 14.3. The van der Waals surface area contributed by atoms with Gasteiger partial charge in [0.2, 0.25) is 5.89 Å². The predicted octanol–water partition coefficient (Wildman–Crippen LogP) is -0.411. The van der Waals surface area contributed by atoms with Crippen molar-refractivity contribution in [2.24, 2.45) is 0 Å². The molecule has 56 valence electrons. The minimum atomic E-state index is -0.663. The van der Waals surface area contributed by atoms with Crippen molar-refractivity contribution in [2.45, 2.75) is 6.92 Å². The number of hydrogen-bond acceptors (Lipinski definition) is 5. The Balaban J connectivity index is 2.78. The molecule has 1 N–H and O–H groups in total. The van der Waals surface area contributed by atoms with Crippen LogP contribution in [0.4, 0.5) is 0 Å². The maximum atomic E-state index is 10.7. The lowest BCUT2D eigenvalue weighted by molar-refractivity contribution is 0.0960. The first-order chi connectivity index (χ1) is 5.24.